The third kappa shape index (κ3) is 7.06. The van der Waals surface area contributed by atoms with Gasteiger partial charge in [-0.2, -0.15) is 0 Å². The molecule has 158 valence electrons. The lowest BCUT2D eigenvalue weighted by molar-refractivity contribution is 0.206. The average Bonchev–Trinajstić information content (AvgIpc) is 3.16. The normalized spacial score (nSPS) is 21.5. The Hall–Kier alpha value is -0.540. The van der Waals surface area contributed by atoms with Crippen LogP contribution in [0, 0.1) is 5.92 Å². The van der Waals surface area contributed by atoms with Gasteiger partial charge >= 0.3 is 0 Å². The van der Waals surface area contributed by atoms with Gasteiger partial charge < -0.3 is 20.4 Å². The number of hydrogen-bond acceptors (Lipinski definition) is 3. The van der Waals surface area contributed by atoms with Crippen LogP contribution >= 0.6 is 39.9 Å². The molecule has 1 atom stereocenters. The van der Waals surface area contributed by atoms with E-state index in [-0.39, 0.29) is 24.0 Å². The maximum atomic E-state index is 4.45. The average molecular weight is 564 g/mol. The molecule has 3 rings (SSSR count). The monoisotopic (exact) mass is 563 g/mol. The van der Waals surface area contributed by atoms with E-state index < -0.39 is 0 Å². The molecule has 1 aromatic carbocycles. The first-order valence-electron chi connectivity index (χ1n) is 10.4. The zero-order chi connectivity index (χ0) is 19.1. The van der Waals surface area contributed by atoms with E-state index in [0.717, 1.165) is 30.1 Å². The fraction of sp³-hybridized carbons (Fsp3) is 0.667. The van der Waals surface area contributed by atoms with Crippen molar-refractivity contribution in [3.05, 3.63) is 28.7 Å². The molecule has 7 heteroatoms. The van der Waals surface area contributed by atoms with Crippen molar-refractivity contribution in [1.82, 2.24) is 15.5 Å². The molecule has 2 N–H and O–H groups in total. The minimum absolute atomic E-state index is 0. The maximum absolute atomic E-state index is 4.45. The molecular formula is C21H35BrIN5. The summed E-state index contributed by atoms with van der Waals surface area (Å²) in [5.41, 5.74) is 1.32. The Kier molecular flexibility index (Phi) is 10.4. The number of likely N-dealkylation sites (tertiary alicyclic amines) is 1. The predicted octanol–water partition coefficient (Wildman–Crippen LogP) is 3.93. The summed E-state index contributed by atoms with van der Waals surface area (Å²) in [6.07, 6.45) is 4.90. The Bertz CT molecular complexity index is 601. The summed E-state index contributed by atoms with van der Waals surface area (Å²) in [7, 11) is 1.88. The number of halogens is 2. The van der Waals surface area contributed by atoms with Gasteiger partial charge in [-0.3, -0.25) is 4.99 Å². The number of hydrogen-bond donors (Lipinski definition) is 2. The highest BCUT2D eigenvalue weighted by Crippen LogP contribution is 2.25. The molecule has 2 fully saturated rings. The van der Waals surface area contributed by atoms with Crippen molar-refractivity contribution >= 4 is 51.6 Å². The lowest BCUT2D eigenvalue weighted by atomic mass is 10.1. The van der Waals surface area contributed by atoms with Crippen LogP contribution in [0.1, 0.15) is 32.6 Å². The lowest BCUT2D eigenvalue weighted by Crippen LogP contribution is -2.49. The SMILES string of the molecule is CCCN1CCC(NC(=NC)NCC2CCN(c3ccc(Br)cc3)C2)CC1.I. The van der Waals surface area contributed by atoms with Gasteiger partial charge in [-0.15, -0.1) is 24.0 Å². The van der Waals surface area contributed by atoms with E-state index in [4.69, 9.17) is 0 Å². The summed E-state index contributed by atoms with van der Waals surface area (Å²) < 4.78 is 1.14. The largest absolute Gasteiger partial charge is 0.371 e. The summed E-state index contributed by atoms with van der Waals surface area (Å²) in [5, 5.41) is 7.20. The van der Waals surface area contributed by atoms with Gasteiger partial charge in [-0.25, -0.2) is 0 Å². The van der Waals surface area contributed by atoms with Gasteiger partial charge in [0, 0.05) is 56.0 Å². The number of piperidine rings is 1. The number of nitrogens with zero attached hydrogens (tertiary/aromatic N) is 3. The van der Waals surface area contributed by atoms with Gasteiger partial charge in [0.2, 0.25) is 0 Å². The first-order valence-corrected chi connectivity index (χ1v) is 11.2. The molecule has 0 radical (unpaired) electrons. The second kappa shape index (κ2) is 12.2. The number of guanidine groups is 1. The van der Waals surface area contributed by atoms with Gasteiger partial charge in [0.15, 0.2) is 5.96 Å². The Balaban J connectivity index is 0.00000280. The second-order valence-electron chi connectivity index (χ2n) is 7.79. The van der Waals surface area contributed by atoms with E-state index in [9.17, 15) is 0 Å². The van der Waals surface area contributed by atoms with Crippen LogP contribution in [0.25, 0.3) is 0 Å². The molecule has 0 amide bonds. The highest BCUT2D eigenvalue weighted by Gasteiger charge is 2.24. The van der Waals surface area contributed by atoms with Crippen molar-refractivity contribution in [2.75, 3.05) is 51.2 Å². The zero-order valence-electron chi connectivity index (χ0n) is 17.2. The molecule has 28 heavy (non-hydrogen) atoms. The van der Waals surface area contributed by atoms with E-state index in [1.165, 1.54) is 51.0 Å². The molecule has 0 spiro atoms. The van der Waals surface area contributed by atoms with E-state index in [1.807, 2.05) is 7.05 Å². The Morgan fingerprint density at radius 2 is 1.86 bits per heavy atom. The molecule has 1 aromatic rings. The van der Waals surface area contributed by atoms with Crippen LogP contribution in [0.2, 0.25) is 0 Å². The van der Waals surface area contributed by atoms with E-state index in [0.29, 0.717) is 12.0 Å². The third-order valence-electron chi connectivity index (χ3n) is 5.73. The van der Waals surface area contributed by atoms with Crippen molar-refractivity contribution in [2.24, 2.45) is 10.9 Å². The molecule has 2 saturated heterocycles. The molecule has 2 aliphatic rings. The number of nitrogens with one attached hydrogen (secondary N) is 2. The van der Waals surface area contributed by atoms with Crippen LogP contribution in [-0.2, 0) is 0 Å². The van der Waals surface area contributed by atoms with Gasteiger partial charge in [0.25, 0.3) is 0 Å². The Labute approximate surface area is 195 Å². The van der Waals surface area contributed by atoms with Crippen LogP contribution < -0.4 is 15.5 Å². The summed E-state index contributed by atoms with van der Waals surface area (Å²) in [6, 6.07) is 9.19. The Morgan fingerprint density at radius 3 is 2.50 bits per heavy atom. The van der Waals surface area contributed by atoms with Crippen LogP contribution in [0.5, 0.6) is 0 Å². The van der Waals surface area contributed by atoms with Crippen molar-refractivity contribution in [3.63, 3.8) is 0 Å². The van der Waals surface area contributed by atoms with Crippen molar-refractivity contribution in [2.45, 2.75) is 38.6 Å². The summed E-state index contributed by atoms with van der Waals surface area (Å²) in [5.74, 6) is 1.63. The molecular weight excluding hydrogens is 529 g/mol. The second-order valence-corrected chi connectivity index (χ2v) is 8.71. The van der Waals surface area contributed by atoms with Crippen molar-refractivity contribution in [3.8, 4) is 0 Å². The fourth-order valence-corrected chi connectivity index (χ4v) is 4.40. The molecule has 2 aliphatic heterocycles. The molecule has 1 unspecified atom stereocenters. The van der Waals surface area contributed by atoms with E-state index in [1.54, 1.807) is 0 Å². The molecule has 5 nitrogen and oxygen atoms in total. The lowest BCUT2D eigenvalue weighted by Gasteiger charge is -2.33. The smallest absolute Gasteiger partial charge is 0.191 e. The first kappa shape index (κ1) is 23.7. The maximum Gasteiger partial charge on any atom is 0.191 e. The summed E-state index contributed by atoms with van der Waals surface area (Å²) in [4.78, 5) is 9.50. The number of rotatable bonds is 6. The van der Waals surface area contributed by atoms with E-state index in [2.05, 4.69) is 72.5 Å². The molecule has 0 aliphatic carbocycles. The van der Waals surface area contributed by atoms with Crippen LogP contribution in [0.3, 0.4) is 0 Å². The van der Waals surface area contributed by atoms with Crippen LogP contribution in [0.15, 0.2) is 33.7 Å². The first-order chi connectivity index (χ1) is 13.2. The highest BCUT2D eigenvalue weighted by molar-refractivity contribution is 14.0. The molecule has 0 saturated carbocycles. The minimum atomic E-state index is 0. The topological polar surface area (TPSA) is 42.9 Å². The standard InChI is InChI=1S/C21H34BrN5.HI/c1-3-11-26-12-9-19(10-13-26)25-21(23-2)24-15-17-8-14-27(16-17)20-6-4-18(22)5-7-20;/h4-7,17,19H,3,8-16H2,1-2H3,(H2,23,24,25);1H. The predicted molar refractivity (Wildman–Crippen MR) is 134 cm³/mol. The van der Waals surface area contributed by atoms with Crippen LogP contribution in [-0.4, -0.2) is 63.2 Å². The van der Waals surface area contributed by atoms with Gasteiger partial charge in [0.05, 0.1) is 0 Å². The van der Waals surface area contributed by atoms with Crippen molar-refractivity contribution < 1.29 is 0 Å². The summed E-state index contributed by atoms with van der Waals surface area (Å²) >= 11 is 3.51. The van der Waals surface area contributed by atoms with Gasteiger partial charge in [-0.1, -0.05) is 22.9 Å². The fourth-order valence-electron chi connectivity index (χ4n) is 4.13. The Morgan fingerprint density at radius 1 is 1.14 bits per heavy atom. The quantitative estimate of drug-likeness (QED) is 0.313. The highest BCUT2D eigenvalue weighted by atomic mass is 127. The number of anilines is 1. The van der Waals surface area contributed by atoms with Gasteiger partial charge in [0.1, 0.15) is 0 Å². The van der Waals surface area contributed by atoms with Crippen LogP contribution in [0.4, 0.5) is 5.69 Å². The zero-order valence-corrected chi connectivity index (χ0v) is 21.1. The van der Waals surface area contributed by atoms with Crippen molar-refractivity contribution in [1.29, 1.82) is 0 Å². The summed E-state index contributed by atoms with van der Waals surface area (Å²) in [6.45, 7) is 9.13. The number of aliphatic imine (C=N–C) groups is 1. The molecule has 0 aromatic heterocycles. The number of benzene rings is 1. The molecule has 2 heterocycles. The van der Waals surface area contributed by atoms with E-state index >= 15 is 0 Å². The van der Waals surface area contributed by atoms with Gasteiger partial charge in [-0.05, 0) is 62.4 Å². The third-order valence-corrected chi connectivity index (χ3v) is 6.26. The minimum Gasteiger partial charge on any atom is -0.371 e. The molecule has 0 bridgehead atoms.